The number of fused-ring (bicyclic) bond motifs is 1. The molecule has 0 spiro atoms. The van der Waals surface area contributed by atoms with Crippen molar-refractivity contribution in [3.63, 3.8) is 0 Å². The van der Waals surface area contributed by atoms with Crippen molar-refractivity contribution in [2.45, 2.75) is 26.5 Å². The number of amides is 1. The third-order valence-corrected chi connectivity index (χ3v) is 4.31. The highest BCUT2D eigenvalue weighted by Crippen LogP contribution is 2.28. The zero-order chi connectivity index (χ0) is 21.0. The lowest BCUT2D eigenvalue weighted by atomic mass is 10.1. The van der Waals surface area contributed by atoms with E-state index in [0.717, 1.165) is 5.39 Å². The highest BCUT2D eigenvalue weighted by molar-refractivity contribution is 5.92. The van der Waals surface area contributed by atoms with Crippen molar-refractivity contribution in [3.05, 3.63) is 59.0 Å². The number of rotatable bonds is 7. The molecule has 0 saturated carbocycles. The normalized spacial score (nSPS) is 10.8. The first kappa shape index (κ1) is 20.3. The second-order valence-corrected chi connectivity index (χ2v) is 6.78. The molecule has 1 amide bonds. The minimum absolute atomic E-state index is 0.0464. The number of nitrogens with one attached hydrogen (secondary N) is 1. The molecule has 0 saturated heterocycles. The molecule has 0 radical (unpaired) electrons. The fraction of sp³-hybridized carbons (Fsp3) is 0.273. The number of ether oxygens (including phenoxy) is 3. The van der Waals surface area contributed by atoms with Crippen molar-refractivity contribution in [3.8, 4) is 17.2 Å². The Kier molecular flexibility index (Phi) is 6.07. The van der Waals surface area contributed by atoms with Gasteiger partial charge in [-0.25, -0.2) is 0 Å². The smallest absolute Gasteiger partial charge is 0.258 e. The van der Waals surface area contributed by atoms with Gasteiger partial charge in [-0.05, 0) is 55.6 Å². The maximum absolute atomic E-state index is 12.8. The number of pyridine rings is 1. The van der Waals surface area contributed by atoms with Crippen molar-refractivity contribution in [2.75, 3.05) is 19.5 Å². The van der Waals surface area contributed by atoms with Crippen molar-refractivity contribution in [1.29, 1.82) is 0 Å². The van der Waals surface area contributed by atoms with Crippen molar-refractivity contribution in [1.82, 2.24) is 4.57 Å². The minimum Gasteiger partial charge on any atom is -0.497 e. The summed E-state index contributed by atoms with van der Waals surface area (Å²) in [5.74, 6) is 1.44. The molecule has 0 aliphatic rings. The zero-order valence-electron chi connectivity index (χ0n) is 16.9. The molecule has 0 unspecified atom stereocenters. The van der Waals surface area contributed by atoms with Crippen LogP contribution in [-0.2, 0) is 11.3 Å². The van der Waals surface area contributed by atoms with Crippen LogP contribution in [0.25, 0.3) is 10.8 Å². The maximum Gasteiger partial charge on any atom is 0.258 e. The third kappa shape index (κ3) is 4.68. The maximum atomic E-state index is 12.8. The second kappa shape index (κ2) is 8.68. The first-order valence-corrected chi connectivity index (χ1v) is 9.23. The summed E-state index contributed by atoms with van der Waals surface area (Å²) < 4.78 is 17.5. The van der Waals surface area contributed by atoms with Crippen LogP contribution < -0.4 is 25.1 Å². The van der Waals surface area contributed by atoms with Crippen LogP contribution in [0.5, 0.6) is 17.2 Å². The molecule has 152 valence electrons. The lowest BCUT2D eigenvalue weighted by Crippen LogP contribution is -2.27. The summed E-state index contributed by atoms with van der Waals surface area (Å²) in [6, 6.07) is 12.2. The molecule has 1 heterocycles. The van der Waals surface area contributed by atoms with E-state index in [9.17, 15) is 9.59 Å². The van der Waals surface area contributed by atoms with E-state index >= 15 is 0 Å². The van der Waals surface area contributed by atoms with Crippen LogP contribution in [0.15, 0.2) is 53.5 Å². The third-order valence-electron chi connectivity index (χ3n) is 4.31. The molecule has 1 N–H and O–H groups in total. The van der Waals surface area contributed by atoms with Gasteiger partial charge in [0.05, 0.1) is 26.0 Å². The van der Waals surface area contributed by atoms with Gasteiger partial charge < -0.3 is 24.1 Å². The highest BCUT2D eigenvalue weighted by atomic mass is 16.5. The minimum atomic E-state index is -0.349. The van der Waals surface area contributed by atoms with Gasteiger partial charge in [-0.1, -0.05) is 0 Å². The topological polar surface area (TPSA) is 78.8 Å². The van der Waals surface area contributed by atoms with Gasteiger partial charge >= 0.3 is 0 Å². The fourth-order valence-electron chi connectivity index (χ4n) is 2.99. The van der Waals surface area contributed by atoms with Crippen LogP contribution in [-0.4, -0.2) is 30.8 Å². The number of hydrogen-bond donors (Lipinski definition) is 1. The molecule has 0 aliphatic carbocycles. The monoisotopic (exact) mass is 396 g/mol. The largest absolute Gasteiger partial charge is 0.497 e. The lowest BCUT2D eigenvalue weighted by molar-refractivity contribution is -0.116. The van der Waals surface area contributed by atoms with Crippen molar-refractivity contribution < 1.29 is 19.0 Å². The molecule has 0 atom stereocenters. The van der Waals surface area contributed by atoms with E-state index in [1.165, 1.54) is 11.7 Å². The molecule has 2 aromatic carbocycles. The van der Waals surface area contributed by atoms with Crippen LogP contribution in [0, 0.1) is 0 Å². The Balaban J connectivity index is 1.82. The summed E-state index contributed by atoms with van der Waals surface area (Å²) in [6.07, 6.45) is 1.65. The highest BCUT2D eigenvalue weighted by Gasteiger charge is 2.12. The molecule has 0 fully saturated rings. The molecule has 3 aromatic rings. The molecule has 0 bridgehead atoms. The van der Waals surface area contributed by atoms with E-state index in [0.29, 0.717) is 28.3 Å². The number of methoxy groups -OCH3 is 2. The van der Waals surface area contributed by atoms with Gasteiger partial charge in [0, 0.05) is 17.6 Å². The van der Waals surface area contributed by atoms with E-state index < -0.39 is 0 Å². The Bertz CT molecular complexity index is 1090. The fourth-order valence-corrected chi connectivity index (χ4v) is 2.99. The summed E-state index contributed by atoms with van der Waals surface area (Å²) in [7, 11) is 3.06. The number of nitrogens with zero attached hydrogens (tertiary/aromatic N) is 1. The van der Waals surface area contributed by atoms with E-state index in [2.05, 4.69) is 5.32 Å². The summed E-state index contributed by atoms with van der Waals surface area (Å²) in [4.78, 5) is 25.3. The van der Waals surface area contributed by atoms with E-state index in [-0.39, 0.29) is 24.1 Å². The summed E-state index contributed by atoms with van der Waals surface area (Å²) >= 11 is 0. The van der Waals surface area contributed by atoms with Gasteiger partial charge in [0.25, 0.3) is 5.56 Å². The first-order chi connectivity index (χ1) is 13.9. The molecule has 7 heteroatoms. The SMILES string of the molecule is COc1ccc(OC)c(NC(=O)Cn2ccc3cc(OC(C)C)ccc3c2=O)c1. The lowest BCUT2D eigenvalue weighted by Gasteiger charge is -2.13. The Morgan fingerprint density at radius 2 is 1.79 bits per heavy atom. The predicted octanol–water partition coefficient (Wildman–Crippen LogP) is 3.44. The quantitative estimate of drug-likeness (QED) is 0.662. The van der Waals surface area contributed by atoms with Gasteiger partial charge in [-0.3, -0.25) is 9.59 Å². The average molecular weight is 396 g/mol. The average Bonchev–Trinajstić information content (AvgIpc) is 2.69. The van der Waals surface area contributed by atoms with Gasteiger partial charge in [0.2, 0.25) is 5.91 Å². The Morgan fingerprint density at radius 3 is 2.48 bits per heavy atom. The number of carbonyl (C=O) groups excluding carboxylic acids is 1. The van der Waals surface area contributed by atoms with Gasteiger partial charge in [0.15, 0.2) is 0 Å². The van der Waals surface area contributed by atoms with Crippen LogP contribution in [0.1, 0.15) is 13.8 Å². The molecular weight excluding hydrogens is 372 g/mol. The summed E-state index contributed by atoms with van der Waals surface area (Å²) in [6.45, 7) is 3.76. The summed E-state index contributed by atoms with van der Waals surface area (Å²) in [5.41, 5.74) is 0.229. The van der Waals surface area contributed by atoms with Crippen molar-refractivity contribution >= 4 is 22.4 Å². The number of anilines is 1. The van der Waals surface area contributed by atoms with Gasteiger partial charge in [-0.15, -0.1) is 0 Å². The van der Waals surface area contributed by atoms with Crippen molar-refractivity contribution in [2.24, 2.45) is 0 Å². The molecular formula is C22H24N2O5. The predicted molar refractivity (Wildman–Crippen MR) is 112 cm³/mol. The molecule has 29 heavy (non-hydrogen) atoms. The number of benzene rings is 2. The Morgan fingerprint density at radius 1 is 1.03 bits per heavy atom. The number of carbonyl (C=O) groups is 1. The Labute approximate surface area is 168 Å². The molecule has 1 aromatic heterocycles. The van der Waals surface area contributed by atoms with E-state index in [4.69, 9.17) is 14.2 Å². The first-order valence-electron chi connectivity index (χ1n) is 9.23. The summed E-state index contributed by atoms with van der Waals surface area (Å²) in [5, 5.41) is 4.05. The van der Waals surface area contributed by atoms with Gasteiger partial charge in [0.1, 0.15) is 23.8 Å². The van der Waals surface area contributed by atoms with Crippen LogP contribution in [0.3, 0.4) is 0 Å². The number of hydrogen-bond acceptors (Lipinski definition) is 5. The van der Waals surface area contributed by atoms with Crippen LogP contribution in [0.2, 0.25) is 0 Å². The van der Waals surface area contributed by atoms with Crippen LogP contribution >= 0.6 is 0 Å². The second-order valence-electron chi connectivity index (χ2n) is 6.78. The number of aromatic nitrogens is 1. The molecule has 7 nitrogen and oxygen atoms in total. The van der Waals surface area contributed by atoms with E-state index in [1.54, 1.807) is 49.7 Å². The molecule has 3 rings (SSSR count). The molecule has 0 aliphatic heterocycles. The zero-order valence-corrected chi connectivity index (χ0v) is 16.9. The van der Waals surface area contributed by atoms with E-state index in [1.807, 2.05) is 19.9 Å². The van der Waals surface area contributed by atoms with Gasteiger partial charge in [-0.2, -0.15) is 0 Å². The van der Waals surface area contributed by atoms with Crippen LogP contribution in [0.4, 0.5) is 5.69 Å². The Hall–Kier alpha value is -3.48. The standard InChI is InChI=1S/C22H24N2O5/c1-14(2)29-17-5-7-18-15(11-17)9-10-24(22(18)26)13-21(25)23-19-12-16(27-3)6-8-20(19)28-4/h5-12,14H,13H2,1-4H3,(H,23,25).